The number of carbonyl (C=O) groups excluding carboxylic acids is 2. The minimum Gasteiger partial charge on any atom is -0.497 e. The van der Waals surface area contributed by atoms with E-state index < -0.39 is 21.9 Å². The summed E-state index contributed by atoms with van der Waals surface area (Å²) in [5.74, 6) is -0.305. The molecule has 0 radical (unpaired) electrons. The number of hydrogen-bond donors (Lipinski definition) is 0. The van der Waals surface area contributed by atoms with Crippen LogP contribution in [-0.4, -0.2) is 70.5 Å². The number of esters is 1. The molecule has 1 amide bonds. The standard InChI is InChI=1S/C22H28N2O8S/c1-15-20(33(27,28)24-7-5-6-8-24)12-19(32-15)22(26)23(14-21(25)31-4)13-16-9-17(29-2)11-18(10-16)30-3/h9-12H,5-8,13-14H2,1-4H3. The van der Waals surface area contributed by atoms with Gasteiger partial charge in [0, 0.05) is 31.8 Å². The van der Waals surface area contributed by atoms with Crippen molar-refractivity contribution in [3.05, 3.63) is 41.3 Å². The maximum Gasteiger partial charge on any atom is 0.325 e. The molecule has 0 saturated carbocycles. The van der Waals surface area contributed by atoms with Crippen LogP contribution >= 0.6 is 0 Å². The van der Waals surface area contributed by atoms with Crippen molar-refractivity contribution in [2.45, 2.75) is 31.2 Å². The summed E-state index contributed by atoms with van der Waals surface area (Å²) in [5, 5.41) is 0. The number of furan rings is 1. The molecule has 1 aromatic heterocycles. The van der Waals surface area contributed by atoms with Crippen LogP contribution in [0.15, 0.2) is 33.6 Å². The fourth-order valence-electron chi connectivity index (χ4n) is 3.65. The number of ether oxygens (including phenoxy) is 3. The monoisotopic (exact) mass is 480 g/mol. The van der Waals surface area contributed by atoms with Crippen LogP contribution in [0.1, 0.15) is 34.7 Å². The Kier molecular flexibility index (Phi) is 7.65. The minimum atomic E-state index is -3.77. The highest BCUT2D eigenvalue weighted by molar-refractivity contribution is 7.89. The van der Waals surface area contributed by atoms with Gasteiger partial charge in [-0.25, -0.2) is 8.42 Å². The number of methoxy groups -OCH3 is 3. The summed E-state index contributed by atoms with van der Waals surface area (Å²) < 4.78 is 48.1. The number of rotatable bonds is 9. The van der Waals surface area contributed by atoms with Gasteiger partial charge in [0.25, 0.3) is 5.91 Å². The fraction of sp³-hybridized carbons (Fsp3) is 0.455. The van der Waals surface area contributed by atoms with E-state index in [-0.39, 0.29) is 29.5 Å². The van der Waals surface area contributed by atoms with Crippen LogP contribution in [0.4, 0.5) is 0 Å². The summed E-state index contributed by atoms with van der Waals surface area (Å²) in [6, 6.07) is 6.32. The number of amides is 1. The van der Waals surface area contributed by atoms with Crippen LogP contribution in [0.2, 0.25) is 0 Å². The van der Waals surface area contributed by atoms with Crippen molar-refractivity contribution in [3.8, 4) is 11.5 Å². The molecule has 0 aliphatic carbocycles. The van der Waals surface area contributed by atoms with E-state index in [4.69, 9.17) is 18.6 Å². The Morgan fingerprint density at radius 2 is 1.64 bits per heavy atom. The largest absolute Gasteiger partial charge is 0.497 e. The first kappa shape index (κ1) is 24.6. The lowest BCUT2D eigenvalue weighted by Gasteiger charge is -2.21. The summed E-state index contributed by atoms with van der Waals surface area (Å²) in [5.41, 5.74) is 0.636. The molecule has 0 N–H and O–H groups in total. The lowest BCUT2D eigenvalue weighted by Crippen LogP contribution is -2.35. The third-order valence-corrected chi connectivity index (χ3v) is 7.39. The molecule has 2 aromatic rings. The minimum absolute atomic E-state index is 0.00937. The van der Waals surface area contributed by atoms with E-state index in [1.807, 2.05) is 0 Å². The summed E-state index contributed by atoms with van der Waals surface area (Å²) in [6.07, 6.45) is 1.58. The molecule has 1 saturated heterocycles. The molecule has 11 heteroatoms. The van der Waals surface area contributed by atoms with Crippen molar-refractivity contribution in [1.82, 2.24) is 9.21 Å². The molecule has 1 fully saturated rings. The van der Waals surface area contributed by atoms with Crippen molar-refractivity contribution in [1.29, 1.82) is 0 Å². The van der Waals surface area contributed by atoms with E-state index in [1.54, 1.807) is 18.2 Å². The molecular formula is C22H28N2O8S. The van der Waals surface area contributed by atoms with Crippen LogP contribution in [0.5, 0.6) is 11.5 Å². The molecule has 3 rings (SSSR count). The Morgan fingerprint density at radius 3 is 2.18 bits per heavy atom. The predicted molar refractivity (Wildman–Crippen MR) is 118 cm³/mol. The third kappa shape index (κ3) is 5.48. The van der Waals surface area contributed by atoms with Gasteiger partial charge in [0.2, 0.25) is 10.0 Å². The van der Waals surface area contributed by atoms with Crippen LogP contribution < -0.4 is 9.47 Å². The van der Waals surface area contributed by atoms with Gasteiger partial charge in [0.1, 0.15) is 28.7 Å². The number of aryl methyl sites for hydroxylation is 1. The zero-order valence-corrected chi connectivity index (χ0v) is 19.9. The van der Waals surface area contributed by atoms with Crippen LogP contribution in [-0.2, 0) is 26.1 Å². The van der Waals surface area contributed by atoms with Gasteiger partial charge in [-0.05, 0) is 37.5 Å². The van der Waals surface area contributed by atoms with Crippen molar-refractivity contribution in [2.24, 2.45) is 0 Å². The Hall–Kier alpha value is -3.05. The van der Waals surface area contributed by atoms with E-state index in [1.165, 1.54) is 43.5 Å². The zero-order chi connectivity index (χ0) is 24.2. The van der Waals surface area contributed by atoms with E-state index in [2.05, 4.69) is 0 Å². The van der Waals surface area contributed by atoms with Gasteiger partial charge in [-0.2, -0.15) is 4.31 Å². The summed E-state index contributed by atoms with van der Waals surface area (Å²) in [7, 11) is 0.459. The lowest BCUT2D eigenvalue weighted by atomic mass is 10.1. The quantitative estimate of drug-likeness (QED) is 0.502. The van der Waals surface area contributed by atoms with Gasteiger partial charge in [-0.15, -0.1) is 0 Å². The molecule has 0 unspecified atom stereocenters. The summed E-state index contributed by atoms with van der Waals surface area (Å²) in [4.78, 5) is 26.4. The van der Waals surface area contributed by atoms with Gasteiger partial charge in [0.15, 0.2) is 5.76 Å². The zero-order valence-electron chi connectivity index (χ0n) is 19.1. The number of sulfonamides is 1. The molecule has 1 aliphatic rings. The van der Waals surface area contributed by atoms with E-state index in [0.717, 1.165) is 12.8 Å². The SMILES string of the molecule is COC(=O)CN(Cc1cc(OC)cc(OC)c1)C(=O)c1cc(S(=O)(=O)N2CCCC2)c(C)o1. The van der Waals surface area contributed by atoms with Gasteiger partial charge in [0.05, 0.1) is 21.3 Å². The molecule has 10 nitrogen and oxygen atoms in total. The molecule has 1 aromatic carbocycles. The third-order valence-electron chi connectivity index (χ3n) is 5.39. The molecule has 0 bridgehead atoms. The van der Waals surface area contributed by atoms with Crippen LogP contribution in [0.25, 0.3) is 0 Å². The first-order chi connectivity index (χ1) is 15.7. The van der Waals surface area contributed by atoms with Gasteiger partial charge in [-0.1, -0.05) is 0 Å². The Bertz CT molecular complexity index is 1100. The first-order valence-electron chi connectivity index (χ1n) is 10.4. The second-order valence-electron chi connectivity index (χ2n) is 7.60. The number of nitrogens with zero attached hydrogens (tertiary/aromatic N) is 2. The van der Waals surface area contributed by atoms with Crippen LogP contribution in [0, 0.1) is 6.92 Å². The predicted octanol–water partition coefficient (Wildman–Crippen LogP) is 2.21. The molecular weight excluding hydrogens is 452 g/mol. The van der Waals surface area contributed by atoms with E-state index in [9.17, 15) is 18.0 Å². The fourth-order valence-corrected chi connectivity index (χ4v) is 5.33. The molecule has 33 heavy (non-hydrogen) atoms. The highest BCUT2D eigenvalue weighted by Gasteiger charge is 2.33. The van der Waals surface area contributed by atoms with Crippen LogP contribution in [0.3, 0.4) is 0 Å². The van der Waals surface area contributed by atoms with Crippen molar-refractivity contribution < 1.29 is 36.6 Å². The molecule has 0 spiro atoms. The summed E-state index contributed by atoms with van der Waals surface area (Å²) >= 11 is 0. The normalized spacial score (nSPS) is 14.2. The highest BCUT2D eigenvalue weighted by atomic mass is 32.2. The average Bonchev–Trinajstić information content (AvgIpc) is 3.48. The second kappa shape index (κ2) is 10.3. The second-order valence-corrected chi connectivity index (χ2v) is 9.51. The molecule has 180 valence electrons. The maximum atomic E-state index is 13.3. The molecule has 2 heterocycles. The maximum absolute atomic E-state index is 13.3. The Morgan fingerprint density at radius 1 is 1.03 bits per heavy atom. The summed E-state index contributed by atoms with van der Waals surface area (Å²) in [6.45, 7) is 2.01. The van der Waals surface area contributed by atoms with Gasteiger partial charge in [-0.3, -0.25) is 9.59 Å². The number of hydrogen-bond acceptors (Lipinski definition) is 8. The topological polar surface area (TPSA) is 116 Å². The Labute approximate surface area is 193 Å². The van der Waals surface area contributed by atoms with Crippen molar-refractivity contribution >= 4 is 21.9 Å². The average molecular weight is 481 g/mol. The molecule has 1 aliphatic heterocycles. The van der Waals surface area contributed by atoms with E-state index >= 15 is 0 Å². The smallest absolute Gasteiger partial charge is 0.325 e. The van der Waals surface area contributed by atoms with Gasteiger partial charge >= 0.3 is 5.97 Å². The lowest BCUT2D eigenvalue weighted by molar-refractivity contribution is -0.141. The number of carbonyl (C=O) groups is 2. The molecule has 0 atom stereocenters. The number of benzene rings is 1. The first-order valence-corrected chi connectivity index (χ1v) is 11.8. The van der Waals surface area contributed by atoms with Crippen molar-refractivity contribution in [2.75, 3.05) is 41.0 Å². The Balaban J connectivity index is 1.92. The van der Waals surface area contributed by atoms with E-state index in [0.29, 0.717) is 30.2 Å². The highest BCUT2D eigenvalue weighted by Crippen LogP contribution is 2.28. The van der Waals surface area contributed by atoms with Gasteiger partial charge < -0.3 is 23.5 Å². The van der Waals surface area contributed by atoms with Crippen molar-refractivity contribution in [3.63, 3.8) is 0 Å².